The monoisotopic (exact) mass is 577 g/mol. The van der Waals surface area contributed by atoms with Crippen LogP contribution >= 0.6 is 11.8 Å². The van der Waals surface area contributed by atoms with Crippen LogP contribution in [0.15, 0.2) is 48.5 Å². The third-order valence-corrected chi connectivity index (χ3v) is 8.86. The van der Waals surface area contributed by atoms with Crippen molar-refractivity contribution in [3.8, 4) is 5.69 Å². The molecule has 0 unspecified atom stereocenters. The minimum absolute atomic E-state index is 0.0124. The molecular formula is C31H36FN5O3S. The summed E-state index contributed by atoms with van der Waals surface area (Å²) in [6, 6.07) is 14.4. The molecule has 1 aromatic heterocycles. The van der Waals surface area contributed by atoms with Crippen LogP contribution in [-0.2, 0) is 19.8 Å². The van der Waals surface area contributed by atoms with Gasteiger partial charge in [0.2, 0.25) is 17.7 Å². The van der Waals surface area contributed by atoms with Crippen molar-refractivity contribution in [1.29, 1.82) is 0 Å². The number of aryl methyl sites for hydroxylation is 1. The van der Waals surface area contributed by atoms with Crippen LogP contribution in [0.3, 0.4) is 0 Å². The Labute approximate surface area is 244 Å². The molecule has 8 nitrogen and oxygen atoms in total. The number of amides is 3. The zero-order chi connectivity index (χ0) is 29.5. The predicted octanol–water partition coefficient (Wildman–Crippen LogP) is 4.48. The van der Waals surface area contributed by atoms with E-state index in [4.69, 9.17) is 5.10 Å². The van der Waals surface area contributed by atoms with Crippen LogP contribution in [-0.4, -0.2) is 75.8 Å². The fourth-order valence-electron chi connectivity index (χ4n) is 5.38. The fraction of sp³-hybridized carbons (Fsp3) is 0.419. The van der Waals surface area contributed by atoms with Gasteiger partial charge in [-0.15, -0.1) is 11.8 Å². The van der Waals surface area contributed by atoms with Gasteiger partial charge in [0.25, 0.3) is 0 Å². The second-order valence-corrected chi connectivity index (χ2v) is 12.8. The van der Waals surface area contributed by atoms with Gasteiger partial charge in [-0.1, -0.05) is 50.6 Å². The number of benzene rings is 2. The van der Waals surface area contributed by atoms with Crippen molar-refractivity contribution in [2.45, 2.75) is 45.3 Å². The Bertz CT molecular complexity index is 1470. The predicted molar refractivity (Wildman–Crippen MR) is 159 cm³/mol. The van der Waals surface area contributed by atoms with E-state index in [1.54, 1.807) is 25.4 Å². The van der Waals surface area contributed by atoms with Crippen LogP contribution in [0, 0.1) is 12.7 Å². The SMILES string of the molecule is CC(=O)N1CCN(C(=O)CN2C(=O)CS[C@H](c3cccc(F)c3)c3c(C(C)(C)C)nn(-c4ccc(C)cc4)c32)CC1. The van der Waals surface area contributed by atoms with Gasteiger partial charge in [0.15, 0.2) is 0 Å². The first kappa shape index (κ1) is 28.9. The molecule has 2 aliphatic rings. The number of piperazine rings is 1. The van der Waals surface area contributed by atoms with Crippen molar-refractivity contribution in [2.24, 2.45) is 0 Å². The van der Waals surface area contributed by atoms with Gasteiger partial charge in [0.1, 0.15) is 18.2 Å². The topological polar surface area (TPSA) is 78.8 Å². The summed E-state index contributed by atoms with van der Waals surface area (Å²) in [6.45, 7) is 11.4. The van der Waals surface area contributed by atoms with E-state index in [9.17, 15) is 18.8 Å². The van der Waals surface area contributed by atoms with Crippen LogP contribution in [0.2, 0.25) is 0 Å². The number of hydrogen-bond donors (Lipinski definition) is 0. The Balaban J connectivity index is 1.65. The molecule has 1 atom stereocenters. The lowest BCUT2D eigenvalue weighted by Crippen LogP contribution is -2.53. The molecule has 0 radical (unpaired) electrons. The second kappa shape index (κ2) is 11.3. The van der Waals surface area contributed by atoms with Gasteiger partial charge >= 0.3 is 0 Å². The number of thioether (sulfide) groups is 1. The normalized spacial score (nSPS) is 17.9. The Morgan fingerprint density at radius 3 is 2.29 bits per heavy atom. The zero-order valence-corrected chi connectivity index (χ0v) is 25.0. The molecule has 0 saturated carbocycles. The quantitative estimate of drug-likeness (QED) is 0.457. The number of rotatable bonds is 4. The van der Waals surface area contributed by atoms with Gasteiger partial charge in [-0.05, 0) is 36.8 Å². The standard InChI is InChI=1S/C31H36FN5O3S/c1-20-9-11-24(12-10-20)37-30-27(29(33-37)31(3,4)5)28(22-7-6-8-23(32)17-22)41-19-26(40)36(30)18-25(39)35-15-13-34(14-16-35)21(2)38/h6-12,17,28H,13-16,18-19H2,1-5H3/t28-/m1/s1. The molecule has 41 heavy (non-hydrogen) atoms. The molecule has 216 valence electrons. The number of hydrogen-bond acceptors (Lipinski definition) is 5. The molecule has 0 N–H and O–H groups in total. The van der Waals surface area contributed by atoms with E-state index in [0.29, 0.717) is 32.0 Å². The molecule has 3 aromatic rings. The highest BCUT2D eigenvalue weighted by Gasteiger charge is 2.40. The average Bonchev–Trinajstić information content (AvgIpc) is 3.26. The van der Waals surface area contributed by atoms with Gasteiger partial charge in [0, 0.05) is 44.1 Å². The Morgan fingerprint density at radius 2 is 1.68 bits per heavy atom. The summed E-state index contributed by atoms with van der Waals surface area (Å²) in [5.74, 6) is -0.0885. The molecule has 0 bridgehead atoms. The van der Waals surface area contributed by atoms with Crippen LogP contribution < -0.4 is 4.90 Å². The van der Waals surface area contributed by atoms with E-state index in [1.807, 2.05) is 37.3 Å². The Morgan fingerprint density at radius 1 is 1.02 bits per heavy atom. The molecule has 2 aliphatic heterocycles. The number of nitrogens with zero attached hydrogens (tertiary/aromatic N) is 5. The highest BCUT2D eigenvalue weighted by molar-refractivity contribution is 8.00. The number of fused-ring (bicyclic) bond motifs is 1. The minimum atomic E-state index is -0.405. The summed E-state index contributed by atoms with van der Waals surface area (Å²) in [6.07, 6.45) is 0. The minimum Gasteiger partial charge on any atom is -0.339 e. The molecule has 2 aromatic carbocycles. The van der Waals surface area contributed by atoms with Crippen LogP contribution in [0.5, 0.6) is 0 Å². The molecular weight excluding hydrogens is 541 g/mol. The molecule has 1 saturated heterocycles. The first-order chi connectivity index (χ1) is 19.4. The van der Waals surface area contributed by atoms with Crippen molar-refractivity contribution in [3.63, 3.8) is 0 Å². The molecule has 3 amide bonds. The van der Waals surface area contributed by atoms with Crippen LogP contribution in [0.1, 0.15) is 55.3 Å². The van der Waals surface area contributed by atoms with E-state index in [0.717, 1.165) is 28.1 Å². The van der Waals surface area contributed by atoms with Crippen molar-refractivity contribution >= 4 is 35.3 Å². The summed E-state index contributed by atoms with van der Waals surface area (Å²) >= 11 is 1.43. The first-order valence-electron chi connectivity index (χ1n) is 13.8. The van der Waals surface area contributed by atoms with Gasteiger partial charge < -0.3 is 9.80 Å². The molecule has 1 fully saturated rings. The molecule has 5 rings (SSSR count). The summed E-state index contributed by atoms with van der Waals surface area (Å²) in [5.41, 5.74) is 3.80. The van der Waals surface area contributed by atoms with Gasteiger partial charge in [-0.25, -0.2) is 9.07 Å². The van der Waals surface area contributed by atoms with E-state index < -0.39 is 5.41 Å². The molecule has 3 heterocycles. The lowest BCUT2D eigenvalue weighted by molar-refractivity contribution is -0.137. The highest BCUT2D eigenvalue weighted by Crippen LogP contribution is 2.48. The molecule has 10 heteroatoms. The number of carbonyl (C=O) groups is 3. The Kier molecular flexibility index (Phi) is 7.96. The van der Waals surface area contributed by atoms with Crippen molar-refractivity contribution in [3.05, 3.63) is 76.7 Å². The van der Waals surface area contributed by atoms with Crippen molar-refractivity contribution in [2.75, 3.05) is 43.4 Å². The largest absolute Gasteiger partial charge is 0.339 e. The fourth-order valence-corrected chi connectivity index (χ4v) is 6.57. The van der Waals surface area contributed by atoms with E-state index in [2.05, 4.69) is 20.8 Å². The summed E-state index contributed by atoms with van der Waals surface area (Å²) in [4.78, 5) is 44.3. The van der Waals surface area contributed by atoms with Crippen molar-refractivity contribution < 1.29 is 18.8 Å². The second-order valence-electron chi connectivity index (χ2n) is 11.7. The zero-order valence-electron chi connectivity index (χ0n) is 24.2. The van der Waals surface area contributed by atoms with Crippen LogP contribution in [0.25, 0.3) is 5.69 Å². The first-order valence-corrected chi connectivity index (χ1v) is 14.9. The lowest BCUT2D eigenvalue weighted by atomic mass is 9.87. The van der Waals surface area contributed by atoms with E-state index >= 15 is 0 Å². The summed E-state index contributed by atoms with van der Waals surface area (Å²) in [7, 11) is 0. The van der Waals surface area contributed by atoms with Gasteiger partial charge in [-0.2, -0.15) is 5.10 Å². The maximum absolute atomic E-state index is 14.5. The average molecular weight is 578 g/mol. The van der Waals surface area contributed by atoms with Gasteiger partial charge in [0.05, 0.1) is 22.4 Å². The maximum Gasteiger partial charge on any atom is 0.242 e. The summed E-state index contributed by atoms with van der Waals surface area (Å²) in [5, 5.41) is 4.72. The van der Waals surface area contributed by atoms with Gasteiger partial charge in [-0.3, -0.25) is 19.3 Å². The highest BCUT2D eigenvalue weighted by atomic mass is 32.2. The summed E-state index contributed by atoms with van der Waals surface area (Å²) < 4.78 is 16.2. The number of halogens is 1. The third-order valence-electron chi connectivity index (χ3n) is 7.60. The number of carbonyl (C=O) groups excluding carboxylic acids is 3. The Hall–Kier alpha value is -3.66. The van der Waals surface area contributed by atoms with E-state index in [-0.39, 0.29) is 41.1 Å². The number of aromatic nitrogens is 2. The number of anilines is 1. The molecule has 0 spiro atoms. The maximum atomic E-state index is 14.5. The third kappa shape index (κ3) is 5.88. The van der Waals surface area contributed by atoms with Crippen LogP contribution in [0.4, 0.5) is 10.2 Å². The molecule has 0 aliphatic carbocycles. The lowest BCUT2D eigenvalue weighted by Gasteiger charge is -2.35. The van der Waals surface area contributed by atoms with E-state index in [1.165, 1.54) is 30.8 Å². The van der Waals surface area contributed by atoms with Crippen molar-refractivity contribution in [1.82, 2.24) is 19.6 Å². The smallest absolute Gasteiger partial charge is 0.242 e.